The minimum absolute atomic E-state index is 0.0360. The second-order valence-corrected chi connectivity index (χ2v) is 5.88. The Bertz CT molecular complexity index is 623. The van der Waals surface area contributed by atoms with Gasteiger partial charge < -0.3 is 15.0 Å². The average Bonchev–Trinajstić information content (AvgIpc) is 2.80. The number of nitrogens with one attached hydrogen (secondary N) is 1. The lowest BCUT2D eigenvalue weighted by Crippen LogP contribution is -2.42. The lowest BCUT2D eigenvalue weighted by atomic mass is 10.1. The van der Waals surface area contributed by atoms with E-state index in [-0.39, 0.29) is 5.91 Å². The molecule has 2 heterocycles. The molecule has 0 saturated carbocycles. The summed E-state index contributed by atoms with van der Waals surface area (Å²) in [6, 6.07) is 7.73. The largest absolute Gasteiger partial charge is 0.391 e. The molecule has 1 saturated heterocycles. The summed E-state index contributed by atoms with van der Waals surface area (Å²) in [5, 5.41) is 10.7. The summed E-state index contributed by atoms with van der Waals surface area (Å²) >= 11 is 3.42. The molecule has 100 valence electrons. The van der Waals surface area contributed by atoms with Crippen LogP contribution < -0.4 is 0 Å². The topological polar surface area (TPSA) is 56.3 Å². The maximum absolute atomic E-state index is 12.4. The number of carbonyl (C=O) groups is 1. The average molecular weight is 323 g/mol. The number of β-amino-alcohol motifs (C(OH)–C–C–N with tert-alkyl or cyclic N) is 1. The summed E-state index contributed by atoms with van der Waals surface area (Å²) < 4.78 is 0.992. The summed E-state index contributed by atoms with van der Waals surface area (Å²) in [5.74, 6) is -0.0360. The number of amides is 1. The third kappa shape index (κ3) is 2.53. The first-order valence-electron chi connectivity index (χ1n) is 6.39. The molecule has 2 N–H and O–H groups in total. The van der Waals surface area contributed by atoms with Crippen LogP contribution in [0.5, 0.6) is 0 Å². The van der Waals surface area contributed by atoms with Gasteiger partial charge in [-0.2, -0.15) is 0 Å². The molecule has 1 fully saturated rings. The molecule has 3 rings (SSSR count). The van der Waals surface area contributed by atoms with Gasteiger partial charge in [0.1, 0.15) is 5.69 Å². The highest BCUT2D eigenvalue weighted by molar-refractivity contribution is 9.10. The standard InChI is InChI=1S/C14H15BrN2O2/c15-10-3-4-12-9(6-10)7-13(16-12)14(19)17-5-1-2-11(18)8-17/h3-4,6-7,11,16,18H,1-2,5,8H2. The third-order valence-electron chi connectivity index (χ3n) is 3.50. The molecule has 2 aromatic rings. The molecular formula is C14H15BrN2O2. The Morgan fingerprint density at radius 3 is 3.05 bits per heavy atom. The van der Waals surface area contributed by atoms with E-state index in [1.807, 2.05) is 24.3 Å². The molecule has 1 aliphatic heterocycles. The van der Waals surface area contributed by atoms with Gasteiger partial charge in [-0.05, 0) is 37.1 Å². The maximum atomic E-state index is 12.4. The van der Waals surface area contributed by atoms with Gasteiger partial charge in [0.2, 0.25) is 0 Å². The minimum Gasteiger partial charge on any atom is -0.391 e. The number of benzene rings is 1. The van der Waals surface area contributed by atoms with Crippen molar-refractivity contribution in [2.24, 2.45) is 0 Å². The molecule has 1 aromatic carbocycles. The first-order chi connectivity index (χ1) is 9.13. The van der Waals surface area contributed by atoms with Crippen molar-refractivity contribution < 1.29 is 9.90 Å². The van der Waals surface area contributed by atoms with Crippen molar-refractivity contribution in [3.63, 3.8) is 0 Å². The molecule has 1 aromatic heterocycles. The van der Waals surface area contributed by atoms with E-state index < -0.39 is 6.10 Å². The van der Waals surface area contributed by atoms with Gasteiger partial charge in [-0.15, -0.1) is 0 Å². The van der Waals surface area contributed by atoms with Gasteiger partial charge in [-0.3, -0.25) is 4.79 Å². The maximum Gasteiger partial charge on any atom is 0.270 e. The first-order valence-corrected chi connectivity index (χ1v) is 7.18. The molecule has 5 heteroatoms. The number of fused-ring (bicyclic) bond motifs is 1. The van der Waals surface area contributed by atoms with E-state index in [0.29, 0.717) is 12.2 Å². The normalized spacial score (nSPS) is 19.9. The quantitative estimate of drug-likeness (QED) is 0.847. The molecule has 1 aliphatic rings. The Hall–Kier alpha value is -1.33. The number of likely N-dealkylation sites (tertiary alicyclic amines) is 1. The molecule has 4 nitrogen and oxygen atoms in total. The zero-order chi connectivity index (χ0) is 13.4. The number of aliphatic hydroxyl groups excluding tert-OH is 1. The molecule has 0 aliphatic carbocycles. The van der Waals surface area contributed by atoms with Gasteiger partial charge in [0, 0.05) is 28.5 Å². The van der Waals surface area contributed by atoms with Crippen LogP contribution in [0.1, 0.15) is 23.3 Å². The zero-order valence-electron chi connectivity index (χ0n) is 10.4. The van der Waals surface area contributed by atoms with Crippen LogP contribution in [-0.2, 0) is 0 Å². The van der Waals surface area contributed by atoms with Crippen LogP contribution in [-0.4, -0.2) is 40.1 Å². The number of H-pyrrole nitrogens is 1. The fourth-order valence-electron chi connectivity index (χ4n) is 2.53. The van der Waals surface area contributed by atoms with Crippen LogP contribution in [0.2, 0.25) is 0 Å². The van der Waals surface area contributed by atoms with Gasteiger partial charge in [0.05, 0.1) is 6.10 Å². The summed E-state index contributed by atoms with van der Waals surface area (Å²) in [5.41, 5.74) is 1.53. The molecule has 1 amide bonds. The second kappa shape index (κ2) is 4.98. The molecule has 0 spiro atoms. The number of piperidine rings is 1. The summed E-state index contributed by atoms with van der Waals surface area (Å²) in [4.78, 5) is 17.2. The Morgan fingerprint density at radius 2 is 2.26 bits per heavy atom. The van der Waals surface area contributed by atoms with Crippen LogP contribution in [0.25, 0.3) is 10.9 Å². The monoisotopic (exact) mass is 322 g/mol. The molecular weight excluding hydrogens is 308 g/mol. The summed E-state index contributed by atoms with van der Waals surface area (Å²) in [6.07, 6.45) is 1.25. The smallest absolute Gasteiger partial charge is 0.270 e. The Balaban J connectivity index is 1.88. The van der Waals surface area contributed by atoms with E-state index in [9.17, 15) is 9.90 Å². The Morgan fingerprint density at radius 1 is 1.42 bits per heavy atom. The summed E-state index contributed by atoms with van der Waals surface area (Å²) in [6.45, 7) is 1.15. The van der Waals surface area contributed by atoms with E-state index in [2.05, 4.69) is 20.9 Å². The molecule has 1 unspecified atom stereocenters. The van der Waals surface area contributed by atoms with Crippen molar-refractivity contribution in [3.8, 4) is 0 Å². The molecule has 19 heavy (non-hydrogen) atoms. The van der Waals surface area contributed by atoms with Crippen molar-refractivity contribution in [3.05, 3.63) is 34.4 Å². The first kappa shape index (κ1) is 12.7. The van der Waals surface area contributed by atoms with Gasteiger partial charge in [-0.1, -0.05) is 15.9 Å². The lowest BCUT2D eigenvalue weighted by molar-refractivity contribution is 0.0470. The fraction of sp³-hybridized carbons (Fsp3) is 0.357. The minimum atomic E-state index is -0.392. The zero-order valence-corrected chi connectivity index (χ0v) is 12.0. The Kier molecular flexibility index (Phi) is 3.33. The highest BCUT2D eigenvalue weighted by Crippen LogP contribution is 2.22. The number of carbonyl (C=O) groups excluding carboxylic acids is 1. The van der Waals surface area contributed by atoms with E-state index in [4.69, 9.17) is 0 Å². The third-order valence-corrected chi connectivity index (χ3v) is 3.99. The number of aromatic nitrogens is 1. The van der Waals surface area contributed by atoms with Crippen LogP contribution >= 0.6 is 15.9 Å². The second-order valence-electron chi connectivity index (χ2n) is 4.96. The fourth-order valence-corrected chi connectivity index (χ4v) is 2.91. The van der Waals surface area contributed by atoms with E-state index in [1.54, 1.807) is 4.90 Å². The lowest BCUT2D eigenvalue weighted by Gasteiger charge is -2.29. The molecule has 0 radical (unpaired) electrons. The number of nitrogens with zero attached hydrogens (tertiary/aromatic N) is 1. The van der Waals surface area contributed by atoms with Crippen LogP contribution in [0.4, 0.5) is 0 Å². The molecule has 1 atom stereocenters. The number of hydrogen-bond acceptors (Lipinski definition) is 2. The van der Waals surface area contributed by atoms with Gasteiger partial charge in [0.25, 0.3) is 5.91 Å². The van der Waals surface area contributed by atoms with Gasteiger partial charge >= 0.3 is 0 Å². The molecule has 0 bridgehead atoms. The Labute approximate surface area is 119 Å². The van der Waals surface area contributed by atoms with Gasteiger partial charge in [0.15, 0.2) is 0 Å². The van der Waals surface area contributed by atoms with Crippen molar-refractivity contribution >= 4 is 32.7 Å². The number of halogens is 1. The highest BCUT2D eigenvalue weighted by Gasteiger charge is 2.24. The van der Waals surface area contributed by atoms with E-state index >= 15 is 0 Å². The van der Waals surface area contributed by atoms with Crippen LogP contribution in [0.15, 0.2) is 28.7 Å². The van der Waals surface area contributed by atoms with Crippen molar-refractivity contribution in [2.75, 3.05) is 13.1 Å². The van der Waals surface area contributed by atoms with Crippen molar-refractivity contribution in [2.45, 2.75) is 18.9 Å². The van der Waals surface area contributed by atoms with Crippen LogP contribution in [0, 0.1) is 0 Å². The highest BCUT2D eigenvalue weighted by atomic mass is 79.9. The van der Waals surface area contributed by atoms with Crippen molar-refractivity contribution in [1.29, 1.82) is 0 Å². The number of aliphatic hydroxyl groups is 1. The van der Waals surface area contributed by atoms with Crippen LogP contribution in [0.3, 0.4) is 0 Å². The van der Waals surface area contributed by atoms with Crippen molar-refractivity contribution in [1.82, 2.24) is 9.88 Å². The number of hydrogen-bond donors (Lipinski definition) is 2. The number of rotatable bonds is 1. The predicted octanol–water partition coefficient (Wildman–Crippen LogP) is 2.53. The number of aromatic amines is 1. The van der Waals surface area contributed by atoms with E-state index in [0.717, 1.165) is 34.8 Å². The predicted molar refractivity (Wildman–Crippen MR) is 77.1 cm³/mol. The van der Waals surface area contributed by atoms with E-state index in [1.165, 1.54) is 0 Å². The summed E-state index contributed by atoms with van der Waals surface area (Å²) in [7, 11) is 0. The van der Waals surface area contributed by atoms with Gasteiger partial charge in [-0.25, -0.2) is 0 Å². The SMILES string of the molecule is O=C(c1cc2cc(Br)ccc2[nH]1)N1CCCC(O)C1.